The maximum Gasteiger partial charge on any atom is 0.223 e. The minimum absolute atomic E-state index is 0.202. The van der Waals surface area contributed by atoms with Gasteiger partial charge in [-0.3, -0.25) is 9.59 Å². The second-order valence-electron chi connectivity index (χ2n) is 4.36. The van der Waals surface area contributed by atoms with Crippen molar-refractivity contribution < 1.29 is 9.59 Å². The molecule has 4 heteroatoms. The predicted molar refractivity (Wildman–Crippen MR) is 58.6 cm³/mol. The molecule has 86 valence electrons. The van der Waals surface area contributed by atoms with Gasteiger partial charge in [-0.05, 0) is 13.8 Å². The maximum atomic E-state index is 11.5. The zero-order chi connectivity index (χ0) is 11.4. The Morgan fingerprint density at radius 1 is 1.53 bits per heavy atom. The lowest BCUT2D eigenvalue weighted by molar-refractivity contribution is -0.130. The number of ketones is 1. The minimum Gasteiger partial charge on any atom is -0.342 e. The lowest BCUT2D eigenvalue weighted by atomic mass is 10.2. The number of likely N-dealkylation sites (N-methyl/N-ethyl adjacent to an activating group) is 1. The van der Waals surface area contributed by atoms with Gasteiger partial charge in [0.2, 0.25) is 5.91 Å². The quantitative estimate of drug-likeness (QED) is 0.684. The van der Waals surface area contributed by atoms with Crippen LogP contribution in [-0.4, -0.2) is 54.2 Å². The van der Waals surface area contributed by atoms with Crippen molar-refractivity contribution in [1.82, 2.24) is 9.80 Å². The minimum atomic E-state index is 0.202. The highest BCUT2D eigenvalue weighted by atomic mass is 16.2. The van der Waals surface area contributed by atoms with Crippen LogP contribution in [-0.2, 0) is 9.59 Å². The average molecular weight is 212 g/mol. The fraction of sp³-hybridized carbons (Fsp3) is 0.818. The summed E-state index contributed by atoms with van der Waals surface area (Å²) in [6, 6.07) is 0.243. The number of Topliss-reactive ketones (excluding diaryl/α,β-unsaturated/α-hetero) is 1. The van der Waals surface area contributed by atoms with Gasteiger partial charge in [0.1, 0.15) is 5.78 Å². The van der Waals surface area contributed by atoms with Crippen molar-refractivity contribution in [2.75, 3.05) is 26.7 Å². The second-order valence-corrected chi connectivity index (χ2v) is 4.36. The van der Waals surface area contributed by atoms with Gasteiger partial charge in [0.05, 0.1) is 0 Å². The number of carbonyl (C=O) groups is 2. The van der Waals surface area contributed by atoms with Crippen LogP contribution in [0.2, 0.25) is 0 Å². The summed E-state index contributed by atoms with van der Waals surface area (Å²) in [4.78, 5) is 26.4. The van der Waals surface area contributed by atoms with E-state index in [-0.39, 0.29) is 17.7 Å². The van der Waals surface area contributed by atoms with E-state index < -0.39 is 0 Å². The van der Waals surface area contributed by atoms with Gasteiger partial charge in [0.25, 0.3) is 0 Å². The Hall–Kier alpha value is -0.900. The Bertz CT molecular complexity index is 251. The van der Waals surface area contributed by atoms with E-state index >= 15 is 0 Å². The fourth-order valence-electron chi connectivity index (χ4n) is 1.78. The van der Waals surface area contributed by atoms with Crippen LogP contribution >= 0.6 is 0 Å². The summed E-state index contributed by atoms with van der Waals surface area (Å²) in [6.45, 7) is 6.08. The van der Waals surface area contributed by atoms with Crippen LogP contribution in [0.3, 0.4) is 0 Å². The topological polar surface area (TPSA) is 40.6 Å². The van der Waals surface area contributed by atoms with Crippen molar-refractivity contribution in [3.8, 4) is 0 Å². The number of nitrogens with zero attached hydrogens (tertiary/aromatic N) is 2. The molecule has 0 spiro atoms. The van der Waals surface area contributed by atoms with E-state index in [2.05, 4.69) is 4.90 Å². The smallest absolute Gasteiger partial charge is 0.223 e. The molecule has 0 aromatic rings. The summed E-state index contributed by atoms with van der Waals surface area (Å²) >= 11 is 0. The molecule has 0 aliphatic carbocycles. The summed E-state index contributed by atoms with van der Waals surface area (Å²) in [5, 5.41) is 0. The SMILES string of the molecule is CC(=O)CCN1CCC(=O)N(C)C(C)C1. The van der Waals surface area contributed by atoms with Gasteiger partial charge in [0.15, 0.2) is 0 Å². The highest BCUT2D eigenvalue weighted by Gasteiger charge is 2.23. The fourth-order valence-corrected chi connectivity index (χ4v) is 1.78. The standard InChI is InChI=1S/C11H20N2O2/c1-9-8-13(6-4-10(2)14)7-5-11(15)12(9)3/h9H,4-8H2,1-3H3. The molecule has 0 aromatic carbocycles. The van der Waals surface area contributed by atoms with E-state index in [4.69, 9.17) is 0 Å². The van der Waals surface area contributed by atoms with Crippen LogP contribution < -0.4 is 0 Å². The van der Waals surface area contributed by atoms with Crippen LogP contribution in [0.25, 0.3) is 0 Å². The summed E-state index contributed by atoms with van der Waals surface area (Å²) in [5.41, 5.74) is 0. The molecule has 0 saturated carbocycles. The van der Waals surface area contributed by atoms with Gasteiger partial charge in [-0.15, -0.1) is 0 Å². The van der Waals surface area contributed by atoms with E-state index in [1.165, 1.54) is 0 Å². The molecule has 0 aromatic heterocycles. The van der Waals surface area contributed by atoms with Gasteiger partial charge in [-0.25, -0.2) is 0 Å². The highest BCUT2D eigenvalue weighted by Crippen LogP contribution is 2.09. The zero-order valence-electron chi connectivity index (χ0n) is 9.82. The molecule has 1 amide bonds. The second kappa shape index (κ2) is 5.26. The molecule has 1 aliphatic heterocycles. The molecule has 1 saturated heterocycles. The highest BCUT2D eigenvalue weighted by molar-refractivity contribution is 5.77. The molecular formula is C11H20N2O2. The van der Waals surface area contributed by atoms with Crippen molar-refractivity contribution in [2.24, 2.45) is 0 Å². The zero-order valence-corrected chi connectivity index (χ0v) is 9.82. The van der Waals surface area contributed by atoms with Crippen molar-refractivity contribution in [1.29, 1.82) is 0 Å². The Balaban J connectivity index is 2.48. The van der Waals surface area contributed by atoms with E-state index in [1.54, 1.807) is 11.8 Å². The molecule has 1 rings (SSSR count). The first-order chi connectivity index (χ1) is 7.00. The Morgan fingerprint density at radius 2 is 2.20 bits per heavy atom. The first-order valence-electron chi connectivity index (χ1n) is 5.48. The van der Waals surface area contributed by atoms with Crippen LogP contribution in [0.5, 0.6) is 0 Å². The normalized spacial score (nSPS) is 24.1. The first kappa shape index (κ1) is 12.2. The van der Waals surface area contributed by atoms with Gasteiger partial charge >= 0.3 is 0 Å². The number of carbonyl (C=O) groups excluding carboxylic acids is 2. The van der Waals surface area contributed by atoms with Crippen LogP contribution in [0, 0.1) is 0 Å². The lowest BCUT2D eigenvalue weighted by Gasteiger charge is -2.25. The van der Waals surface area contributed by atoms with Crippen LogP contribution in [0.1, 0.15) is 26.7 Å². The molecule has 0 bridgehead atoms. The molecule has 1 unspecified atom stereocenters. The van der Waals surface area contributed by atoms with Gasteiger partial charge in [0, 0.05) is 45.6 Å². The van der Waals surface area contributed by atoms with Gasteiger partial charge < -0.3 is 9.80 Å². The summed E-state index contributed by atoms with van der Waals surface area (Å²) in [7, 11) is 1.85. The van der Waals surface area contributed by atoms with Crippen LogP contribution in [0.4, 0.5) is 0 Å². The molecule has 15 heavy (non-hydrogen) atoms. The third-order valence-corrected chi connectivity index (χ3v) is 3.00. The first-order valence-corrected chi connectivity index (χ1v) is 5.48. The van der Waals surface area contributed by atoms with E-state index in [9.17, 15) is 9.59 Å². The third kappa shape index (κ3) is 3.63. The largest absolute Gasteiger partial charge is 0.342 e. The lowest BCUT2D eigenvalue weighted by Crippen LogP contribution is -2.38. The number of rotatable bonds is 3. The summed E-state index contributed by atoms with van der Waals surface area (Å²) in [6.07, 6.45) is 1.16. The van der Waals surface area contributed by atoms with Crippen LogP contribution in [0.15, 0.2) is 0 Å². The molecule has 0 N–H and O–H groups in total. The number of amides is 1. The third-order valence-electron chi connectivity index (χ3n) is 3.00. The van der Waals surface area contributed by atoms with E-state index in [1.807, 2.05) is 14.0 Å². The molecule has 0 radical (unpaired) electrons. The van der Waals surface area contributed by atoms with Gasteiger partial charge in [-0.2, -0.15) is 0 Å². The molecule has 1 atom stereocenters. The molecule has 1 heterocycles. The molecule has 1 aliphatic rings. The van der Waals surface area contributed by atoms with Crippen molar-refractivity contribution in [3.05, 3.63) is 0 Å². The van der Waals surface area contributed by atoms with Crippen molar-refractivity contribution >= 4 is 11.7 Å². The molecule has 4 nitrogen and oxygen atoms in total. The molecule has 1 fully saturated rings. The Labute approximate surface area is 91.2 Å². The van der Waals surface area contributed by atoms with E-state index in [0.29, 0.717) is 12.8 Å². The van der Waals surface area contributed by atoms with E-state index in [0.717, 1.165) is 19.6 Å². The maximum absolute atomic E-state index is 11.5. The van der Waals surface area contributed by atoms with Gasteiger partial charge in [-0.1, -0.05) is 0 Å². The Morgan fingerprint density at radius 3 is 2.80 bits per heavy atom. The number of hydrogen-bond donors (Lipinski definition) is 0. The Kier molecular flexibility index (Phi) is 4.27. The summed E-state index contributed by atoms with van der Waals surface area (Å²) < 4.78 is 0. The number of hydrogen-bond acceptors (Lipinski definition) is 3. The average Bonchev–Trinajstić information content (AvgIpc) is 2.29. The monoisotopic (exact) mass is 212 g/mol. The summed E-state index contributed by atoms with van der Waals surface area (Å²) in [5.74, 6) is 0.416. The van der Waals surface area contributed by atoms with Crippen molar-refractivity contribution in [3.63, 3.8) is 0 Å². The molecular weight excluding hydrogens is 192 g/mol. The van der Waals surface area contributed by atoms with Crippen molar-refractivity contribution in [2.45, 2.75) is 32.7 Å². The predicted octanol–water partition coefficient (Wildman–Crippen LogP) is 0.518.